The summed E-state index contributed by atoms with van der Waals surface area (Å²) in [6, 6.07) is 16.4. The molecule has 20 atom stereocenters. The first kappa shape index (κ1) is 55.2. The summed E-state index contributed by atoms with van der Waals surface area (Å²) in [4.78, 5) is 55.8. The Labute approximate surface area is 426 Å². The van der Waals surface area contributed by atoms with Crippen molar-refractivity contribution in [3.63, 3.8) is 0 Å². The summed E-state index contributed by atoms with van der Waals surface area (Å²) in [5, 5.41) is 47.3. The summed E-state index contributed by atoms with van der Waals surface area (Å²) in [6.45, 7) is 10.2. The number of rotatable bonds is 16. The Morgan fingerprint density at radius 3 is 1.88 bits per heavy atom. The van der Waals surface area contributed by atoms with Gasteiger partial charge in [0, 0.05) is 57.7 Å². The molecule has 3 aliphatic carbocycles. The third-order valence-electron chi connectivity index (χ3n) is 17.2. The number of hydrogen-bond donors (Lipinski definition) is 4. The maximum atomic E-state index is 14.3. The van der Waals surface area contributed by atoms with E-state index in [1.807, 2.05) is 6.92 Å². The molecule has 3 aliphatic heterocycles. The van der Waals surface area contributed by atoms with Gasteiger partial charge in [-0.3, -0.25) is 9.59 Å². The van der Waals surface area contributed by atoms with Gasteiger partial charge in [-0.1, -0.05) is 43.3 Å². The van der Waals surface area contributed by atoms with Gasteiger partial charge >= 0.3 is 11.9 Å². The van der Waals surface area contributed by atoms with Gasteiger partial charge in [0.05, 0.1) is 64.9 Å². The van der Waals surface area contributed by atoms with Gasteiger partial charge in [0.1, 0.15) is 41.9 Å². The van der Waals surface area contributed by atoms with E-state index in [-0.39, 0.29) is 61.9 Å². The highest BCUT2D eigenvalue weighted by atomic mass is 16.7. The van der Waals surface area contributed by atoms with Crippen molar-refractivity contribution >= 4 is 23.5 Å². The molecule has 18 nitrogen and oxygen atoms in total. The van der Waals surface area contributed by atoms with Gasteiger partial charge in [-0.05, 0) is 96.7 Å². The minimum atomic E-state index is -2.03. The van der Waals surface area contributed by atoms with Crippen molar-refractivity contribution in [2.45, 2.75) is 203 Å². The maximum Gasteiger partial charge on any atom is 0.338 e. The number of fused-ring (bicyclic) bond motifs is 1. The molecule has 8 rings (SSSR count). The van der Waals surface area contributed by atoms with Crippen LogP contribution in [-0.4, -0.2) is 161 Å². The molecule has 2 aromatic rings. The van der Waals surface area contributed by atoms with Crippen LogP contribution in [0.4, 0.5) is 0 Å². The van der Waals surface area contributed by atoms with E-state index in [1.54, 1.807) is 88.5 Å². The molecule has 3 saturated heterocycles. The van der Waals surface area contributed by atoms with Crippen molar-refractivity contribution in [1.82, 2.24) is 0 Å². The fraction of sp³-hybridized carbons (Fsp3) is 0.673. The Kier molecular flexibility index (Phi) is 16.9. The number of aliphatic hydroxyl groups is 4. The molecule has 0 radical (unpaired) electrons. The van der Waals surface area contributed by atoms with Crippen LogP contribution in [0.15, 0.2) is 72.8 Å². The number of esters is 2. The summed E-state index contributed by atoms with van der Waals surface area (Å²) < 4.78 is 61.1. The number of carbonyl (C=O) groups excluding carboxylic acids is 4. The first-order valence-electron chi connectivity index (χ1n) is 25.7. The molecule has 3 heterocycles. The van der Waals surface area contributed by atoms with Crippen LogP contribution in [0.25, 0.3) is 0 Å². The van der Waals surface area contributed by atoms with Crippen molar-refractivity contribution in [3.8, 4) is 0 Å². The summed E-state index contributed by atoms with van der Waals surface area (Å²) in [5.41, 5.74) is -6.27. The summed E-state index contributed by atoms with van der Waals surface area (Å²) in [5.74, 6) is -3.28. The van der Waals surface area contributed by atoms with Crippen LogP contribution < -0.4 is 0 Å². The Morgan fingerprint density at radius 1 is 0.726 bits per heavy atom. The van der Waals surface area contributed by atoms with Gasteiger partial charge in [-0.2, -0.15) is 0 Å². The number of carbonyl (C=O) groups is 4. The number of ketones is 2. The molecule has 0 bridgehead atoms. The number of benzene rings is 2. The first-order chi connectivity index (χ1) is 34.6. The third kappa shape index (κ3) is 10.9. The van der Waals surface area contributed by atoms with Gasteiger partial charge < -0.3 is 67.8 Å². The van der Waals surface area contributed by atoms with E-state index in [4.69, 9.17) is 47.4 Å². The number of hydrogen-bond acceptors (Lipinski definition) is 18. The highest BCUT2D eigenvalue weighted by Crippen LogP contribution is 2.58. The fourth-order valence-corrected chi connectivity index (χ4v) is 12.4. The average Bonchev–Trinajstić information content (AvgIpc) is 3.61. The topological polar surface area (TPSA) is 241 Å². The second-order valence-corrected chi connectivity index (χ2v) is 21.4. The van der Waals surface area contributed by atoms with Crippen molar-refractivity contribution in [1.29, 1.82) is 0 Å². The minimum absolute atomic E-state index is 0.0437. The van der Waals surface area contributed by atoms with Crippen molar-refractivity contribution in [3.05, 3.63) is 83.9 Å². The van der Waals surface area contributed by atoms with E-state index >= 15 is 0 Å². The minimum Gasteiger partial charge on any atom is -0.458 e. The zero-order chi connectivity index (χ0) is 52.6. The zero-order valence-electron chi connectivity index (χ0n) is 43.0. The molecule has 73 heavy (non-hydrogen) atoms. The molecule has 402 valence electrons. The van der Waals surface area contributed by atoms with Crippen LogP contribution in [0.1, 0.15) is 120 Å². The van der Waals surface area contributed by atoms with E-state index in [2.05, 4.69) is 0 Å². The number of methoxy groups -OCH3 is 2. The van der Waals surface area contributed by atoms with E-state index in [0.29, 0.717) is 12.8 Å². The smallest absolute Gasteiger partial charge is 0.338 e. The van der Waals surface area contributed by atoms with Gasteiger partial charge in [-0.15, -0.1) is 0 Å². The van der Waals surface area contributed by atoms with E-state index in [1.165, 1.54) is 33.1 Å². The highest BCUT2D eigenvalue weighted by Gasteiger charge is 2.67. The van der Waals surface area contributed by atoms with Crippen LogP contribution in [-0.2, 0) is 57.0 Å². The maximum absolute atomic E-state index is 14.3. The Hall–Kier alpha value is -4.02. The standard InChI is InChI=1S/C55H74O18/c1-30-47(59)40(64-7)27-45(66-30)73-49-32(3)68-46(28-41(49)65-8)72-48-31(2)67-44(26-39(48)57)70-36-19-22-52(5)37(38(56)20-23-54(52,62)29-36)25-43(71-51(61)35-17-13-10-14-18-35)53(6)42(58)21-24-55(53,63)33(4)69-50(60)34-15-11-9-12-16-34/h9-18,20,23,30-33,36-37,39-41,43-49,57,59,62-63H,19,21-22,24-29H2,1-8H3/t30-,31+,32+,33-,36-,37-,39-,40+,41-,43+,44-,45-,46-,47-,48+,49+,52+,53+,54-,55+/m0/s1. The molecule has 18 heteroatoms. The first-order valence-corrected chi connectivity index (χ1v) is 25.7. The number of Topliss-reactive ketones (excluding diaryl/α,β-unsaturated/α-hetero) is 1. The molecule has 5 fully saturated rings. The molecular weight excluding hydrogens is 949 g/mol. The molecular formula is C55H74O18. The molecule has 6 aliphatic rings. The molecule has 0 amide bonds. The fourth-order valence-electron chi connectivity index (χ4n) is 12.4. The van der Waals surface area contributed by atoms with Crippen LogP contribution in [0.3, 0.4) is 0 Å². The van der Waals surface area contributed by atoms with Crippen molar-refractivity contribution in [2.24, 2.45) is 16.7 Å². The van der Waals surface area contributed by atoms with Gasteiger partial charge in [-0.25, -0.2) is 9.59 Å². The van der Waals surface area contributed by atoms with Gasteiger partial charge in [0.15, 0.2) is 24.7 Å². The normalized spacial score (nSPS) is 41.6. The van der Waals surface area contributed by atoms with E-state index in [9.17, 15) is 39.6 Å². The Morgan fingerprint density at radius 2 is 1.27 bits per heavy atom. The van der Waals surface area contributed by atoms with Crippen LogP contribution >= 0.6 is 0 Å². The lowest BCUT2D eigenvalue weighted by Gasteiger charge is -2.56. The lowest BCUT2D eigenvalue weighted by molar-refractivity contribution is -0.338. The van der Waals surface area contributed by atoms with Crippen LogP contribution in [0.5, 0.6) is 0 Å². The van der Waals surface area contributed by atoms with Gasteiger partial charge in [0.2, 0.25) is 0 Å². The second kappa shape index (κ2) is 22.3. The number of aliphatic hydroxyl groups excluding tert-OH is 2. The average molecular weight is 1020 g/mol. The lowest BCUT2D eigenvalue weighted by atomic mass is 9.52. The third-order valence-corrected chi connectivity index (χ3v) is 17.2. The van der Waals surface area contributed by atoms with Crippen LogP contribution in [0.2, 0.25) is 0 Å². The Bertz CT molecular complexity index is 2270. The molecule has 0 aromatic heterocycles. The number of allylic oxidation sites excluding steroid dienone is 1. The molecule has 0 spiro atoms. The SMILES string of the molecule is CO[C@H]1C[C@H](O[C@H]2[C@@H](O)C[C@H](O[C@H]3CC[C@]4(C)[C@@H](C[C@@H](OC(=O)c5ccccc5)[C@@]5(C)C(=O)CC[C@@]5(O)[C@H](C)OC(=O)c5ccccc5)C(=O)C=C[C@]4(O)C3)O[C@@H]2C)O[C@H](C)[C@H]1O[C@H]1C[C@@H](OC)[C@@H](O)[C@H](C)O1. The largest absolute Gasteiger partial charge is 0.458 e. The Balaban J connectivity index is 0.931. The summed E-state index contributed by atoms with van der Waals surface area (Å²) >= 11 is 0. The second-order valence-electron chi connectivity index (χ2n) is 21.4. The van der Waals surface area contributed by atoms with Gasteiger partial charge in [0.25, 0.3) is 0 Å². The van der Waals surface area contributed by atoms with E-state index < -0.39 is 138 Å². The van der Waals surface area contributed by atoms with Crippen molar-refractivity contribution < 1.29 is 87.0 Å². The summed E-state index contributed by atoms with van der Waals surface area (Å²) in [7, 11) is 3.11. The van der Waals surface area contributed by atoms with Crippen molar-refractivity contribution in [2.75, 3.05) is 14.2 Å². The van der Waals surface area contributed by atoms with Crippen LogP contribution in [0, 0.1) is 16.7 Å². The summed E-state index contributed by atoms with van der Waals surface area (Å²) in [6.07, 6.45) is -7.57. The highest BCUT2D eigenvalue weighted by molar-refractivity contribution is 5.95. The predicted molar refractivity (Wildman–Crippen MR) is 259 cm³/mol. The molecule has 0 unspecified atom stereocenters. The zero-order valence-corrected chi connectivity index (χ0v) is 43.0. The molecule has 2 saturated carbocycles. The molecule has 4 N–H and O–H groups in total. The monoisotopic (exact) mass is 1020 g/mol. The lowest BCUT2D eigenvalue weighted by Crippen LogP contribution is -2.63. The predicted octanol–water partition coefficient (Wildman–Crippen LogP) is 4.94. The number of ether oxygens (including phenoxy) is 10. The molecule has 2 aromatic carbocycles. The van der Waals surface area contributed by atoms with E-state index in [0.717, 1.165) is 0 Å². The quantitative estimate of drug-likeness (QED) is 0.163.